The fourth-order valence-electron chi connectivity index (χ4n) is 4.19. The highest BCUT2D eigenvalue weighted by Crippen LogP contribution is 2.38. The zero-order valence-corrected chi connectivity index (χ0v) is 19.3. The van der Waals surface area contributed by atoms with Gasteiger partial charge in [0.15, 0.2) is 5.82 Å². The molecule has 2 aromatic carbocycles. The Labute approximate surface area is 209 Å². The molecule has 0 radical (unpaired) electrons. The number of para-hydroxylation sites is 1. The van der Waals surface area contributed by atoms with E-state index in [0.717, 1.165) is 29.9 Å². The summed E-state index contributed by atoms with van der Waals surface area (Å²) in [7, 11) is 0. The van der Waals surface area contributed by atoms with E-state index in [1.54, 1.807) is 30.6 Å². The second kappa shape index (κ2) is 8.81. The highest BCUT2D eigenvalue weighted by atomic mass is 19.4. The third-order valence-corrected chi connectivity index (χ3v) is 6.16. The smallest absolute Gasteiger partial charge is 0.321 e. The lowest BCUT2D eigenvalue weighted by Gasteiger charge is -2.13. The second-order valence-electron chi connectivity index (χ2n) is 8.87. The molecule has 6 rings (SSSR count). The SMILES string of the molecule is O=C(Nc1cccc(-c2nncn2C2CC2)c1)c1cc(-c2cnc3ccccc3c2)cc(C(F)(F)F)n1. The van der Waals surface area contributed by atoms with Crippen LogP contribution in [0.1, 0.15) is 35.1 Å². The van der Waals surface area contributed by atoms with E-state index in [4.69, 9.17) is 0 Å². The summed E-state index contributed by atoms with van der Waals surface area (Å²) < 4.78 is 43.1. The average Bonchev–Trinajstić information content (AvgIpc) is 3.63. The zero-order valence-electron chi connectivity index (χ0n) is 19.3. The lowest BCUT2D eigenvalue weighted by molar-refractivity contribution is -0.141. The number of hydrogen-bond donors (Lipinski definition) is 1. The number of rotatable bonds is 5. The fraction of sp³-hybridized carbons (Fsp3) is 0.148. The molecule has 1 fully saturated rings. The van der Waals surface area contributed by atoms with Crippen LogP contribution in [0.3, 0.4) is 0 Å². The summed E-state index contributed by atoms with van der Waals surface area (Å²) in [5, 5.41) is 11.6. The zero-order chi connectivity index (χ0) is 25.6. The van der Waals surface area contributed by atoms with Crippen LogP contribution in [0.5, 0.6) is 0 Å². The number of nitrogens with zero attached hydrogens (tertiary/aromatic N) is 5. The van der Waals surface area contributed by atoms with E-state index in [0.29, 0.717) is 28.6 Å². The van der Waals surface area contributed by atoms with Gasteiger partial charge in [-0.15, -0.1) is 10.2 Å². The van der Waals surface area contributed by atoms with Crippen LogP contribution >= 0.6 is 0 Å². The van der Waals surface area contributed by atoms with Crippen LogP contribution in [-0.2, 0) is 6.18 Å². The van der Waals surface area contributed by atoms with E-state index in [2.05, 4.69) is 25.5 Å². The molecular weight excluding hydrogens is 481 g/mol. The molecule has 0 spiro atoms. The second-order valence-corrected chi connectivity index (χ2v) is 8.87. The van der Waals surface area contributed by atoms with Gasteiger partial charge in [-0.05, 0) is 54.8 Å². The van der Waals surface area contributed by atoms with Gasteiger partial charge < -0.3 is 9.88 Å². The summed E-state index contributed by atoms with van der Waals surface area (Å²) in [5.74, 6) is -0.0937. The first-order chi connectivity index (χ1) is 17.8. The maximum absolute atomic E-state index is 13.7. The predicted octanol–water partition coefficient (Wildman–Crippen LogP) is 6.16. The molecule has 184 valence electrons. The maximum Gasteiger partial charge on any atom is 0.433 e. The number of alkyl halides is 3. The molecule has 7 nitrogen and oxygen atoms in total. The molecule has 5 aromatic rings. The van der Waals surface area contributed by atoms with Gasteiger partial charge in [0, 0.05) is 34.4 Å². The summed E-state index contributed by atoms with van der Waals surface area (Å²) in [6.07, 6.45) is 0.532. The lowest BCUT2D eigenvalue weighted by atomic mass is 10.0. The van der Waals surface area contributed by atoms with Gasteiger partial charge in [0.05, 0.1) is 5.52 Å². The number of anilines is 1. The normalized spacial score (nSPS) is 13.6. The third-order valence-electron chi connectivity index (χ3n) is 6.16. The molecule has 37 heavy (non-hydrogen) atoms. The van der Waals surface area contributed by atoms with Crippen molar-refractivity contribution in [2.24, 2.45) is 0 Å². The highest BCUT2D eigenvalue weighted by molar-refractivity contribution is 6.04. The highest BCUT2D eigenvalue weighted by Gasteiger charge is 2.34. The van der Waals surface area contributed by atoms with Crippen molar-refractivity contribution in [1.82, 2.24) is 24.7 Å². The van der Waals surface area contributed by atoms with Gasteiger partial charge in [0.1, 0.15) is 17.7 Å². The number of aromatic nitrogens is 5. The number of nitrogens with one attached hydrogen (secondary N) is 1. The topological polar surface area (TPSA) is 85.6 Å². The maximum atomic E-state index is 13.7. The summed E-state index contributed by atoms with van der Waals surface area (Å²) in [6.45, 7) is 0. The molecule has 0 saturated heterocycles. The predicted molar refractivity (Wildman–Crippen MR) is 132 cm³/mol. The van der Waals surface area contributed by atoms with Crippen molar-refractivity contribution in [2.75, 3.05) is 5.32 Å². The Morgan fingerprint density at radius 2 is 1.78 bits per heavy atom. The third kappa shape index (κ3) is 4.65. The van der Waals surface area contributed by atoms with Gasteiger partial charge in [-0.3, -0.25) is 9.78 Å². The van der Waals surface area contributed by atoms with E-state index >= 15 is 0 Å². The number of carbonyl (C=O) groups is 1. The molecule has 1 N–H and O–H groups in total. The average molecular weight is 500 g/mol. The summed E-state index contributed by atoms with van der Waals surface area (Å²) in [4.78, 5) is 21.0. The summed E-state index contributed by atoms with van der Waals surface area (Å²) >= 11 is 0. The van der Waals surface area contributed by atoms with E-state index in [1.807, 2.05) is 34.9 Å². The Balaban J connectivity index is 1.34. The van der Waals surface area contributed by atoms with Crippen molar-refractivity contribution >= 4 is 22.5 Å². The van der Waals surface area contributed by atoms with E-state index in [-0.39, 0.29) is 11.3 Å². The van der Waals surface area contributed by atoms with Gasteiger partial charge in [-0.2, -0.15) is 13.2 Å². The van der Waals surface area contributed by atoms with Crippen LogP contribution in [0.4, 0.5) is 18.9 Å². The molecule has 0 unspecified atom stereocenters. The van der Waals surface area contributed by atoms with Gasteiger partial charge in [-0.1, -0.05) is 30.3 Å². The molecule has 0 bridgehead atoms. The Bertz CT molecular complexity index is 1640. The molecule has 1 saturated carbocycles. The van der Waals surface area contributed by atoms with Crippen LogP contribution in [0.25, 0.3) is 33.4 Å². The van der Waals surface area contributed by atoms with Gasteiger partial charge in [0.25, 0.3) is 5.91 Å². The first-order valence-corrected chi connectivity index (χ1v) is 11.6. The van der Waals surface area contributed by atoms with Crippen molar-refractivity contribution < 1.29 is 18.0 Å². The van der Waals surface area contributed by atoms with Gasteiger partial charge >= 0.3 is 6.18 Å². The monoisotopic (exact) mass is 500 g/mol. The minimum absolute atomic E-state index is 0.192. The molecule has 3 aromatic heterocycles. The van der Waals surface area contributed by atoms with Crippen LogP contribution in [0.2, 0.25) is 0 Å². The molecule has 10 heteroatoms. The first-order valence-electron chi connectivity index (χ1n) is 11.6. The Morgan fingerprint density at radius 1 is 0.946 bits per heavy atom. The largest absolute Gasteiger partial charge is 0.433 e. The molecular formula is C27H19F3N6O. The van der Waals surface area contributed by atoms with Crippen molar-refractivity contribution in [1.29, 1.82) is 0 Å². The quantitative estimate of drug-likeness (QED) is 0.312. The van der Waals surface area contributed by atoms with Crippen molar-refractivity contribution in [3.63, 3.8) is 0 Å². The molecule has 1 aliphatic carbocycles. The number of benzene rings is 2. The van der Waals surface area contributed by atoms with Gasteiger partial charge in [-0.25, -0.2) is 4.98 Å². The summed E-state index contributed by atoms with van der Waals surface area (Å²) in [6, 6.07) is 18.6. The molecule has 3 heterocycles. The van der Waals surface area contributed by atoms with Crippen LogP contribution < -0.4 is 5.32 Å². The first kappa shape index (κ1) is 22.8. The summed E-state index contributed by atoms with van der Waals surface area (Å²) in [5.41, 5.74) is 0.980. The molecule has 0 atom stereocenters. The Morgan fingerprint density at radius 3 is 2.59 bits per heavy atom. The standard InChI is InChI=1S/C27H19F3N6O/c28-27(29,30)24-13-18(19-10-16-4-1-2-7-22(16)31-14-19)12-23(34-24)26(37)33-20-6-3-5-17(11-20)25-35-32-15-36(25)21-8-9-21/h1-7,10-15,21H,8-9H2,(H,33,37). The van der Waals surface area contributed by atoms with Crippen molar-refractivity contribution in [2.45, 2.75) is 25.1 Å². The number of halogens is 3. The van der Waals surface area contributed by atoms with E-state index in [9.17, 15) is 18.0 Å². The Kier molecular flexibility index (Phi) is 5.44. The number of hydrogen-bond acceptors (Lipinski definition) is 5. The van der Waals surface area contributed by atoms with Crippen LogP contribution in [0.15, 0.2) is 79.3 Å². The van der Waals surface area contributed by atoms with E-state index in [1.165, 1.54) is 12.3 Å². The Hall–Kier alpha value is -4.60. The number of carbonyl (C=O) groups excluding carboxylic acids is 1. The number of pyridine rings is 2. The van der Waals surface area contributed by atoms with Gasteiger partial charge in [0.2, 0.25) is 0 Å². The number of amides is 1. The van der Waals surface area contributed by atoms with Crippen LogP contribution in [-0.4, -0.2) is 30.6 Å². The minimum atomic E-state index is -4.73. The van der Waals surface area contributed by atoms with Crippen LogP contribution in [0, 0.1) is 0 Å². The van der Waals surface area contributed by atoms with Crippen molar-refractivity contribution in [3.05, 3.63) is 90.6 Å². The minimum Gasteiger partial charge on any atom is -0.321 e. The fourth-order valence-corrected chi connectivity index (χ4v) is 4.19. The molecule has 0 aliphatic heterocycles. The molecule has 1 aliphatic rings. The lowest BCUT2D eigenvalue weighted by Crippen LogP contribution is -2.17. The van der Waals surface area contributed by atoms with E-state index < -0.39 is 17.8 Å². The number of fused-ring (bicyclic) bond motifs is 1. The van der Waals surface area contributed by atoms with Crippen molar-refractivity contribution in [3.8, 4) is 22.5 Å². The molecule has 1 amide bonds.